The van der Waals surface area contributed by atoms with Gasteiger partial charge >= 0.3 is 5.88 Å². The Morgan fingerprint density at radius 2 is 2.00 bits per heavy atom. The minimum absolute atomic E-state index is 0.0923. The van der Waals surface area contributed by atoms with Gasteiger partial charge in [0.1, 0.15) is 10.7 Å². The van der Waals surface area contributed by atoms with E-state index in [1.165, 1.54) is 36.5 Å². The lowest BCUT2D eigenvalue weighted by molar-refractivity contribution is -0.402. The van der Waals surface area contributed by atoms with Crippen LogP contribution >= 0.6 is 11.3 Å². The van der Waals surface area contributed by atoms with E-state index in [9.17, 15) is 19.3 Å². The zero-order chi connectivity index (χ0) is 20.4. The third-order valence-corrected chi connectivity index (χ3v) is 4.82. The van der Waals surface area contributed by atoms with Gasteiger partial charge in [0.25, 0.3) is 5.91 Å². The van der Waals surface area contributed by atoms with E-state index in [4.69, 9.17) is 4.42 Å². The van der Waals surface area contributed by atoms with Crippen molar-refractivity contribution in [3.05, 3.63) is 87.9 Å². The maximum Gasteiger partial charge on any atom is 0.433 e. The highest BCUT2D eigenvalue weighted by Gasteiger charge is 2.21. The molecule has 4 rings (SSSR count). The van der Waals surface area contributed by atoms with Crippen molar-refractivity contribution in [1.82, 2.24) is 4.98 Å². The number of aromatic nitrogens is 1. The van der Waals surface area contributed by atoms with Gasteiger partial charge in [0, 0.05) is 5.56 Å². The number of amides is 1. The number of hydrazone groups is 1. The summed E-state index contributed by atoms with van der Waals surface area (Å²) in [6.45, 7) is 0. The van der Waals surface area contributed by atoms with Crippen molar-refractivity contribution in [2.75, 3.05) is 5.01 Å². The minimum Gasteiger partial charge on any atom is -0.400 e. The zero-order valence-electron chi connectivity index (χ0n) is 14.6. The van der Waals surface area contributed by atoms with Gasteiger partial charge in [0.15, 0.2) is 5.76 Å². The molecule has 1 amide bonds. The molecule has 2 heterocycles. The summed E-state index contributed by atoms with van der Waals surface area (Å²) in [6.07, 6.45) is 1.18. The second-order valence-corrected chi connectivity index (χ2v) is 6.78. The van der Waals surface area contributed by atoms with E-state index >= 15 is 0 Å². The Morgan fingerprint density at radius 3 is 2.72 bits per heavy atom. The van der Waals surface area contributed by atoms with Crippen LogP contribution in [0.15, 0.2) is 70.2 Å². The molecule has 0 saturated heterocycles. The average molecular weight is 410 g/mol. The Bertz CT molecular complexity index is 1240. The molecule has 0 N–H and O–H groups in total. The van der Waals surface area contributed by atoms with Crippen LogP contribution in [0, 0.1) is 15.9 Å². The molecule has 0 atom stereocenters. The molecule has 0 aliphatic carbocycles. The molecule has 0 fully saturated rings. The Balaban J connectivity index is 1.74. The summed E-state index contributed by atoms with van der Waals surface area (Å²) < 4.78 is 19.1. The van der Waals surface area contributed by atoms with Crippen LogP contribution in [0.4, 0.5) is 15.4 Å². The highest BCUT2D eigenvalue weighted by molar-refractivity contribution is 7.22. The number of carbonyl (C=O) groups is 1. The van der Waals surface area contributed by atoms with Crippen molar-refractivity contribution in [1.29, 1.82) is 0 Å². The van der Waals surface area contributed by atoms with Gasteiger partial charge < -0.3 is 4.42 Å². The van der Waals surface area contributed by atoms with Crippen LogP contribution in [0.2, 0.25) is 0 Å². The maximum atomic E-state index is 13.5. The van der Waals surface area contributed by atoms with E-state index in [0.29, 0.717) is 15.8 Å². The summed E-state index contributed by atoms with van der Waals surface area (Å²) in [5.74, 6) is -1.24. The number of rotatable bonds is 5. The van der Waals surface area contributed by atoms with E-state index in [2.05, 4.69) is 10.1 Å². The van der Waals surface area contributed by atoms with Gasteiger partial charge in [-0.25, -0.2) is 9.37 Å². The van der Waals surface area contributed by atoms with Crippen LogP contribution in [0.1, 0.15) is 16.1 Å². The first-order valence-electron chi connectivity index (χ1n) is 8.25. The van der Waals surface area contributed by atoms with E-state index in [0.717, 1.165) is 16.3 Å². The maximum absolute atomic E-state index is 13.5. The van der Waals surface area contributed by atoms with E-state index in [1.807, 2.05) is 0 Å². The summed E-state index contributed by atoms with van der Waals surface area (Å²) in [5.41, 5.74) is 0.876. The second-order valence-electron chi connectivity index (χ2n) is 5.77. The number of fused-ring (bicyclic) bond motifs is 1. The lowest BCUT2D eigenvalue weighted by Crippen LogP contribution is -2.25. The Kier molecular flexibility index (Phi) is 4.83. The molecule has 0 radical (unpaired) electrons. The van der Waals surface area contributed by atoms with Crippen LogP contribution in [-0.4, -0.2) is 22.0 Å². The lowest BCUT2D eigenvalue weighted by Gasteiger charge is -2.13. The predicted molar refractivity (Wildman–Crippen MR) is 106 cm³/mol. The van der Waals surface area contributed by atoms with Gasteiger partial charge in [0.05, 0.1) is 22.5 Å². The Labute approximate surface area is 166 Å². The molecule has 8 nitrogen and oxygen atoms in total. The van der Waals surface area contributed by atoms with Crippen molar-refractivity contribution >= 4 is 44.7 Å². The first-order valence-corrected chi connectivity index (χ1v) is 9.07. The van der Waals surface area contributed by atoms with E-state index < -0.39 is 22.5 Å². The molecular formula is C19H11FN4O4S. The van der Waals surface area contributed by atoms with Gasteiger partial charge in [-0.1, -0.05) is 29.5 Å². The summed E-state index contributed by atoms with van der Waals surface area (Å²) >= 11 is 1.09. The number of furan rings is 1. The van der Waals surface area contributed by atoms with E-state index in [1.54, 1.807) is 30.3 Å². The van der Waals surface area contributed by atoms with Crippen LogP contribution in [-0.2, 0) is 0 Å². The second kappa shape index (κ2) is 7.60. The fourth-order valence-electron chi connectivity index (χ4n) is 2.49. The molecule has 0 bridgehead atoms. The molecule has 0 spiro atoms. The number of thiazole rings is 1. The van der Waals surface area contributed by atoms with Crippen LogP contribution in [0.3, 0.4) is 0 Å². The molecule has 10 heteroatoms. The van der Waals surface area contributed by atoms with Crippen LogP contribution < -0.4 is 5.01 Å². The standard InChI is InChI=1S/C19H11FN4O4S/c20-13-6-8-15-16(10-13)29-19(22-15)23(18(25)12-4-2-1-3-5-12)21-11-14-7-9-17(28-14)24(26)27/h1-11H/b21-11+. The van der Waals surface area contributed by atoms with Gasteiger partial charge in [-0.05, 0) is 36.4 Å². The predicted octanol–water partition coefficient (Wildman–Crippen LogP) is 4.62. The first-order chi connectivity index (χ1) is 14.0. The molecular weight excluding hydrogens is 399 g/mol. The molecule has 2 aromatic carbocycles. The largest absolute Gasteiger partial charge is 0.433 e. The lowest BCUT2D eigenvalue weighted by atomic mass is 10.2. The van der Waals surface area contributed by atoms with E-state index in [-0.39, 0.29) is 10.9 Å². The fraction of sp³-hybridized carbons (Fsp3) is 0. The number of hydrogen-bond acceptors (Lipinski definition) is 7. The van der Waals surface area contributed by atoms with Crippen molar-refractivity contribution in [3.63, 3.8) is 0 Å². The number of halogens is 1. The van der Waals surface area contributed by atoms with Crippen LogP contribution in [0.25, 0.3) is 10.2 Å². The molecule has 29 heavy (non-hydrogen) atoms. The van der Waals surface area contributed by atoms with Gasteiger partial charge in [-0.2, -0.15) is 10.1 Å². The summed E-state index contributed by atoms with van der Waals surface area (Å²) in [5, 5.41) is 16.2. The van der Waals surface area contributed by atoms with Gasteiger partial charge in [-0.15, -0.1) is 0 Å². The third-order valence-electron chi connectivity index (χ3n) is 3.83. The molecule has 144 valence electrons. The highest BCUT2D eigenvalue weighted by Crippen LogP contribution is 2.30. The SMILES string of the molecule is O=C(c1ccccc1)N(/N=C/c1ccc([N+](=O)[O-])o1)c1nc2ccc(F)cc2s1. The number of anilines is 1. The highest BCUT2D eigenvalue weighted by atomic mass is 32.1. The molecule has 0 saturated carbocycles. The minimum atomic E-state index is -0.674. The molecule has 0 unspecified atom stereocenters. The summed E-state index contributed by atoms with van der Waals surface area (Å²) in [6, 6.07) is 15.1. The topological polar surface area (TPSA) is 102 Å². The third kappa shape index (κ3) is 3.87. The van der Waals surface area contributed by atoms with Crippen molar-refractivity contribution < 1.29 is 18.5 Å². The monoisotopic (exact) mass is 410 g/mol. The quantitative estimate of drug-likeness (QED) is 0.271. The summed E-state index contributed by atoms with van der Waals surface area (Å²) in [4.78, 5) is 27.4. The number of hydrogen-bond donors (Lipinski definition) is 0. The number of nitrogens with zero attached hydrogens (tertiary/aromatic N) is 4. The zero-order valence-corrected chi connectivity index (χ0v) is 15.4. The number of nitro groups is 1. The molecule has 0 aliphatic rings. The number of carbonyl (C=O) groups excluding carboxylic acids is 1. The molecule has 2 aromatic heterocycles. The Morgan fingerprint density at radius 1 is 1.21 bits per heavy atom. The Hall–Kier alpha value is -3.92. The molecule has 4 aromatic rings. The van der Waals surface area contributed by atoms with Crippen molar-refractivity contribution in [3.8, 4) is 0 Å². The van der Waals surface area contributed by atoms with Crippen LogP contribution in [0.5, 0.6) is 0 Å². The van der Waals surface area contributed by atoms with Crippen molar-refractivity contribution in [2.24, 2.45) is 5.10 Å². The number of benzene rings is 2. The fourth-order valence-corrected chi connectivity index (χ4v) is 3.44. The summed E-state index contributed by atoms with van der Waals surface area (Å²) in [7, 11) is 0. The van der Waals surface area contributed by atoms with Crippen molar-refractivity contribution in [2.45, 2.75) is 0 Å². The first kappa shape index (κ1) is 18.4. The van der Waals surface area contributed by atoms with Gasteiger partial charge in [-0.3, -0.25) is 14.9 Å². The average Bonchev–Trinajstić information content (AvgIpc) is 3.35. The smallest absolute Gasteiger partial charge is 0.400 e. The van der Waals surface area contributed by atoms with Gasteiger partial charge in [0.2, 0.25) is 5.13 Å². The molecule has 0 aliphatic heterocycles. The normalized spacial score (nSPS) is 11.2.